The number of hydrogen-bond acceptors (Lipinski definition) is 5. The van der Waals surface area contributed by atoms with Crippen LogP contribution >= 0.6 is 11.3 Å². The molecule has 1 heterocycles. The van der Waals surface area contributed by atoms with E-state index in [1.165, 1.54) is 4.31 Å². The molecule has 3 rings (SSSR count). The van der Waals surface area contributed by atoms with E-state index >= 15 is 0 Å². The lowest BCUT2D eigenvalue weighted by Gasteiger charge is -2.27. The number of aryl methyl sites for hydroxylation is 1. The molecule has 0 radical (unpaired) electrons. The van der Waals surface area contributed by atoms with E-state index in [1.807, 2.05) is 55.6 Å². The topological polar surface area (TPSA) is 66.9 Å². The Balaban J connectivity index is 1.84. The van der Waals surface area contributed by atoms with Gasteiger partial charge in [0.05, 0.1) is 18.0 Å². The van der Waals surface area contributed by atoms with Crippen LogP contribution in [0.1, 0.15) is 29.3 Å². The molecule has 1 aromatic heterocycles. The van der Waals surface area contributed by atoms with E-state index in [4.69, 9.17) is 4.74 Å². The molecule has 34 heavy (non-hydrogen) atoms. The number of sulfonamides is 1. The predicted octanol–water partition coefficient (Wildman–Crippen LogP) is 4.70. The molecule has 0 aliphatic carbocycles. The summed E-state index contributed by atoms with van der Waals surface area (Å²) in [6.07, 6.45) is 0.510. The molecule has 3 aromatic rings. The van der Waals surface area contributed by atoms with Crippen LogP contribution in [-0.2, 0) is 32.6 Å². The second-order valence-electron chi connectivity index (χ2n) is 7.96. The summed E-state index contributed by atoms with van der Waals surface area (Å²) in [5, 5.41) is 2.01. The van der Waals surface area contributed by atoms with Gasteiger partial charge in [-0.15, -0.1) is 11.3 Å². The number of hydrogen-bond donors (Lipinski definition) is 0. The van der Waals surface area contributed by atoms with Crippen molar-refractivity contribution in [1.82, 2.24) is 9.21 Å². The molecule has 2 aromatic carbocycles. The Labute approximate surface area is 206 Å². The molecule has 1 amide bonds. The van der Waals surface area contributed by atoms with Crippen LogP contribution in [0.5, 0.6) is 0 Å². The quantitative estimate of drug-likeness (QED) is 0.319. The zero-order valence-electron chi connectivity index (χ0n) is 19.7. The fourth-order valence-electron chi connectivity index (χ4n) is 3.54. The maximum atomic E-state index is 13.6. The van der Waals surface area contributed by atoms with Crippen molar-refractivity contribution < 1.29 is 17.9 Å². The fourth-order valence-corrected chi connectivity index (χ4v) is 5.91. The van der Waals surface area contributed by atoms with E-state index in [0.717, 1.165) is 16.0 Å². The van der Waals surface area contributed by atoms with Crippen molar-refractivity contribution in [3.8, 4) is 0 Å². The average Bonchev–Trinajstić information content (AvgIpc) is 3.25. The van der Waals surface area contributed by atoms with E-state index in [9.17, 15) is 13.2 Å². The van der Waals surface area contributed by atoms with Gasteiger partial charge in [-0.3, -0.25) is 4.79 Å². The summed E-state index contributed by atoms with van der Waals surface area (Å²) >= 11 is 1.60. The molecular weight excluding hydrogens is 468 g/mol. The van der Waals surface area contributed by atoms with Crippen LogP contribution in [0.3, 0.4) is 0 Å². The van der Waals surface area contributed by atoms with Gasteiger partial charge >= 0.3 is 0 Å². The summed E-state index contributed by atoms with van der Waals surface area (Å²) in [6, 6.07) is 20.1. The van der Waals surface area contributed by atoms with Crippen molar-refractivity contribution in [2.24, 2.45) is 0 Å². The van der Waals surface area contributed by atoms with Gasteiger partial charge in [0.15, 0.2) is 0 Å². The maximum Gasteiger partial charge on any atom is 0.243 e. The predicted molar refractivity (Wildman–Crippen MR) is 136 cm³/mol. The number of carbonyl (C=O) groups is 1. The Bertz CT molecular complexity index is 1130. The second-order valence-corrected chi connectivity index (χ2v) is 10.9. The van der Waals surface area contributed by atoms with Crippen molar-refractivity contribution >= 4 is 27.3 Å². The van der Waals surface area contributed by atoms with E-state index in [1.54, 1.807) is 46.6 Å². The van der Waals surface area contributed by atoms with Gasteiger partial charge in [0.2, 0.25) is 15.9 Å². The standard InChI is InChI=1S/C26H32N2O4S2/c1-3-32-17-10-16-28(34(30,31)24-13-8-5-9-14-24)21-26(29)27(19-23-11-6-4-7-12-23)20-25-22(2)15-18-33-25/h4-9,11-15,18H,3,10,16-17,19-21H2,1-2H3. The Kier molecular flexibility index (Phi) is 9.83. The molecule has 0 atom stereocenters. The van der Waals surface area contributed by atoms with E-state index in [0.29, 0.717) is 32.7 Å². The van der Waals surface area contributed by atoms with Crippen LogP contribution in [-0.4, -0.2) is 49.8 Å². The molecule has 0 saturated heterocycles. The molecule has 0 fully saturated rings. The Morgan fingerprint density at radius 3 is 2.26 bits per heavy atom. The maximum absolute atomic E-state index is 13.6. The SMILES string of the molecule is CCOCCCN(CC(=O)N(Cc1ccccc1)Cc1sccc1C)S(=O)(=O)c1ccccc1. The summed E-state index contributed by atoms with van der Waals surface area (Å²) in [4.78, 5) is 16.6. The van der Waals surface area contributed by atoms with Gasteiger partial charge in [-0.05, 0) is 55.0 Å². The number of amides is 1. The van der Waals surface area contributed by atoms with Gasteiger partial charge in [-0.25, -0.2) is 8.42 Å². The third-order valence-corrected chi connectivity index (χ3v) is 8.33. The minimum Gasteiger partial charge on any atom is -0.382 e. The largest absolute Gasteiger partial charge is 0.382 e. The normalized spacial score (nSPS) is 11.6. The highest BCUT2D eigenvalue weighted by molar-refractivity contribution is 7.89. The summed E-state index contributed by atoms with van der Waals surface area (Å²) in [5.41, 5.74) is 2.13. The molecule has 6 nitrogen and oxygen atoms in total. The molecule has 0 bridgehead atoms. The first-order valence-corrected chi connectivity index (χ1v) is 13.7. The zero-order valence-corrected chi connectivity index (χ0v) is 21.4. The molecule has 0 aliphatic rings. The first-order valence-electron chi connectivity index (χ1n) is 11.4. The van der Waals surface area contributed by atoms with Crippen LogP contribution < -0.4 is 0 Å². The van der Waals surface area contributed by atoms with Crippen LogP contribution in [0, 0.1) is 6.92 Å². The van der Waals surface area contributed by atoms with Gasteiger partial charge in [-0.1, -0.05) is 48.5 Å². The van der Waals surface area contributed by atoms with Gasteiger partial charge in [0, 0.05) is 31.2 Å². The van der Waals surface area contributed by atoms with Crippen molar-refractivity contribution in [2.75, 3.05) is 26.3 Å². The minimum atomic E-state index is -3.83. The van der Waals surface area contributed by atoms with Crippen molar-refractivity contribution in [3.05, 3.63) is 88.1 Å². The monoisotopic (exact) mass is 500 g/mol. The number of nitrogens with zero attached hydrogens (tertiary/aromatic N) is 2. The van der Waals surface area contributed by atoms with Crippen molar-refractivity contribution in [3.63, 3.8) is 0 Å². The lowest BCUT2D eigenvalue weighted by Crippen LogP contribution is -2.43. The highest BCUT2D eigenvalue weighted by Gasteiger charge is 2.28. The molecule has 182 valence electrons. The summed E-state index contributed by atoms with van der Waals surface area (Å²) < 4.78 is 33.5. The number of carbonyl (C=O) groups excluding carboxylic acids is 1. The number of ether oxygens (including phenoxy) is 1. The van der Waals surface area contributed by atoms with E-state index in [2.05, 4.69) is 0 Å². The van der Waals surface area contributed by atoms with Crippen LogP contribution in [0.4, 0.5) is 0 Å². The number of thiophene rings is 1. The van der Waals surface area contributed by atoms with Gasteiger partial charge in [0.1, 0.15) is 0 Å². The molecule has 0 N–H and O–H groups in total. The van der Waals surface area contributed by atoms with Crippen LogP contribution in [0.25, 0.3) is 0 Å². The lowest BCUT2D eigenvalue weighted by molar-refractivity contribution is -0.132. The lowest BCUT2D eigenvalue weighted by atomic mass is 10.2. The fraction of sp³-hybridized carbons (Fsp3) is 0.346. The first kappa shape index (κ1) is 26.1. The molecule has 8 heteroatoms. The van der Waals surface area contributed by atoms with Crippen molar-refractivity contribution in [1.29, 1.82) is 0 Å². The summed E-state index contributed by atoms with van der Waals surface area (Å²) in [6.45, 7) is 5.77. The van der Waals surface area contributed by atoms with Gasteiger partial charge < -0.3 is 9.64 Å². The molecule has 0 aliphatic heterocycles. The van der Waals surface area contributed by atoms with E-state index < -0.39 is 10.0 Å². The summed E-state index contributed by atoms with van der Waals surface area (Å²) in [7, 11) is -3.83. The Hall–Kier alpha value is -2.52. The molecular formula is C26H32N2O4S2. The first-order chi connectivity index (χ1) is 16.4. The highest BCUT2D eigenvalue weighted by Crippen LogP contribution is 2.21. The smallest absolute Gasteiger partial charge is 0.243 e. The van der Waals surface area contributed by atoms with Gasteiger partial charge in [-0.2, -0.15) is 4.31 Å². The minimum absolute atomic E-state index is 0.183. The van der Waals surface area contributed by atoms with Crippen LogP contribution in [0.15, 0.2) is 77.0 Å². The average molecular weight is 501 g/mol. The molecule has 0 spiro atoms. The van der Waals surface area contributed by atoms with Crippen LogP contribution in [0.2, 0.25) is 0 Å². The van der Waals surface area contributed by atoms with Gasteiger partial charge in [0.25, 0.3) is 0 Å². The molecule has 0 saturated carbocycles. The highest BCUT2D eigenvalue weighted by atomic mass is 32.2. The molecule has 0 unspecified atom stereocenters. The van der Waals surface area contributed by atoms with E-state index in [-0.39, 0.29) is 23.9 Å². The Morgan fingerprint density at radius 1 is 0.971 bits per heavy atom. The number of rotatable bonds is 13. The third kappa shape index (κ3) is 7.24. The van der Waals surface area contributed by atoms with Crippen molar-refractivity contribution in [2.45, 2.75) is 38.3 Å². The zero-order chi connectivity index (χ0) is 24.4. The second kappa shape index (κ2) is 12.8. The number of benzene rings is 2. The third-order valence-electron chi connectivity index (χ3n) is 5.46. The Morgan fingerprint density at radius 2 is 1.65 bits per heavy atom. The summed E-state index contributed by atoms with van der Waals surface area (Å²) in [5.74, 6) is -0.229.